The second-order valence-electron chi connectivity index (χ2n) is 3.61. The molecule has 0 aliphatic rings. The van der Waals surface area contributed by atoms with Crippen molar-refractivity contribution in [2.24, 2.45) is 0 Å². The molecule has 0 spiro atoms. The molecule has 0 aromatic carbocycles. The van der Waals surface area contributed by atoms with Crippen LogP contribution in [0.1, 0.15) is 20.3 Å². The monoisotopic (exact) mass is 285 g/mol. The van der Waals surface area contributed by atoms with Crippen LogP contribution in [0.2, 0.25) is 0 Å². The van der Waals surface area contributed by atoms with Gasteiger partial charge in [-0.2, -0.15) is 0 Å². The molecule has 1 unspecified atom stereocenters. The molecular weight excluding hydrogens is 270 g/mol. The van der Waals surface area contributed by atoms with Gasteiger partial charge in [0.05, 0.1) is 18.4 Å². The Balaban J connectivity index is 2.37. The maximum absolute atomic E-state index is 11.5. The minimum atomic E-state index is -0.0515. The zero-order valence-electron chi connectivity index (χ0n) is 9.46. The van der Waals surface area contributed by atoms with Crippen LogP contribution >= 0.6 is 15.9 Å². The molecule has 0 aliphatic carbocycles. The topological polar surface area (TPSA) is 54.0 Å². The van der Waals surface area contributed by atoms with E-state index < -0.39 is 0 Å². The van der Waals surface area contributed by atoms with Crippen LogP contribution in [-0.4, -0.2) is 23.5 Å². The first-order chi connectivity index (χ1) is 7.61. The minimum Gasteiger partial charge on any atom is -0.324 e. The predicted molar refractivity (Wildman–Crippen MR) is 68.3 cm³/mol. The molecule has 88 valence electrons. The van der Waals surface area contributed by atoms with Crippen molar-refractivity contribution >= 4 is 27.5 Å². The van der Waals surface area contributed by atoms with Crippen molar-refractivity contribution in [3.05, 3.63) is 22.9 Å². The molecule has 0 fully saturated rings. The molecular formula is C11H16BrN3O. The molecule has 1 atom stereocenters. The summed E-state index contributed by atoms with van der Waals surface area (Å²) < 4.78 is 0.753. The number of aromatic nitrogens is 1. The van der Waals surface area contributed by atoms with Gasteiger partial charge in [0.25, 0.3) is 0 Å². The Morgan fingerprint density at radius 1 is 1.56 bits per heavy atom. The van der Waals surface area contributed by atoms with Crippen LogP contribution in [0.3, 0.4) is 0 Å². The van der Waals surface area contributed by atoms with Crippen molar-refractivity contribution in [2.75, 3.05) is 11.9 Å². The van der Waals surface area contributed by atoms with Crippen molar-refractivity contribution < 1.29 is 4.79 Å². The molecule has 0 saturated carbocycles. The maximum Gasteiger partial charge on any atom is 0.238 e. The van der Waals surface area contributed by atoms with E-state index in [9.17, 15) is 4.79 Å². The number of hydrogen-bond acceptors (Lipinski definition) is 3. The average Bonchev–Trinajstić information content (AvgIpc) is 2.29. The van der Waals surface area contributed by atoms with Crippen LogP contribution in [0.25, 0.3) is 0 Å². The van der Waals surface area contributed by atoms with Gasteiger partial charge in [-0.05, 0) is 41.4 Å². The quantitative estimate of drug-likeness (QED) is 0.816. The summed E-state index contributed by atoms with van der Waals surface area (Å²) in [7, 11) is 0. The zero-order valence-corrected chi connectivity index (χ0v) is 11.0. The fourth-order valence-electron chi connectivity index (χ4n) is 1.07. The molecule has 2 N–H and O–H groups in total. The number of nitrogens with one attached hydrogen (secondary N) is 2. The summed E-state index contributed by atoms with van der Waals surface area (Å²) in [5.74, 6) is -0.0515. The standard InChI is InChI=1S/C11H16BrN3O/c1-3-8(2)13-7-11(16)15-9-4-5-10(12)14-6-9/h4-6,8,13H,3,7H2,1-2H3,(H,15,16). The predicted octanol–water partition coefficient (Wildman–Crippen LogP) is 2.17. The first-order valence-corrected chi connectivity index (χ1v) is 6.06. The largest absolute Gasteiger partial charge is 0.324 e. The van der Waals surface area contributed by atoms with E-state index in [0.717, 1.165) is 11.0 Å². The van der Waals surface area contributed by atoms with E-state index in [1.807, 2.05) is 0 Å². The Morgan fingerprint density at radius 3 is 2.88 bits per heavy atom. The third kappa shape index (κ3) is 4.72. The van der Waals surface area contributed by atoms with E-state index in [2.05, 4.69) is 45.4 Å². The van der Waals surface area contributed by atoms with Gasteiger partial charge >= 0.3 is 0 Å². The number of anilines is 1. The molecule has 1 amide bonds. The summed E-state index contributed by atoms with van der Waals surface area (Å²) in [4.78, 5) is 15.5. The molecule has 0 radical (unpaired) electrons. The van der Waals surface area contributed by atoms with Crippen LogP contribution in [0.4, 0.5) is 5.69 Å². The molecule has 1 aromatic heterocycles. The van der Waals surface area contributed by atoms with Crippen molar-refractivity contribution in [3.8, 4) is 0 Å². The Bertz CT molecular complexity index is 340. The first-order valence-electron chi connectivity index (χ1n) is 5.26. The van der Waals surface area contributed by atoms with Crippen LogP contribution in [0, 0.1) is 0 Å². The summed E-state index contributed by atoms with van der Waals surface area (Å²) in [6.45, 7) is 4.45. The fraction of sp³-hybridized carbons (Fsp3) is 0.455. The Kier molecular flexibility index (Phi) is 5.42. The molecule has 4 nitrogen and oxygen atoms in total. The fourth-order valence-corrected chi connectivity index (χ4v) is 1.30. The van der Waals surface area contributed by atoms with E-state index >= 15 is 0 Å². The van der Waals surface area contributed by atoms with Crippen LogP contribution in [0.15, 0.2) is 22.9 Å². The number of hydrogen-bond donors (Lipinski definition) is 2. The van der Waals surface area contributed by atoms with Crippen LogP contribution in [-0.2, 0) is 4.79 Å². The lowest BCUT2D eigenvalue weighted by Gasteiger charge is -2.11. The zero-order chi connectivity index (χ0) is 12.0. The van der Waals surface area contributed by atoms with Gasteiger partial charge in [-0.1, -0.05) is 6.92 Å². The minimum absolute atomic E-state index is 0.0515. The number of carbonyl (C=O) groups is 1. The molecule has 1 heterocycles. The number of carbonyl (C=O) groups excluding carboxylic acids is 1. The van der Waals surface area contributed by atoms with Crippen molar-refractivity contribution in [2.45, 2.75) is 26.3 Å². The second kappa shape index (κ2) is 6.60. The van der Waals surface area contributed by atoms with Gasteiger partial charge in [0.1, 0.15) is 4.60 Å². The molecule has 5 heteroatoms. The van der Waals surface area contributed by atoms with E-state index in [4.69, 9.17) is 0 Å². The van der Waals surface area contributed by atoms with Crippen LogP contribution < -0.4 is 10.6 Å². The lowest BCUT2D eigenvalue weighted by atomic mass is 10.2. The number of amides is 1. The number of rotatable bonds is 5. The highest BCUT2D eigenvalue weighted by Gasteiger charge is 2.04. The number of halogens is 1. The molecule has 0 bridgehead atoms. The van der Waals surface area contributed by atoms with Gasteiger partial charge in [-0.15, -0.1) is 0 Å². The van der Waals surface area contributed by atoms with E-state index in [1.54, 1.807) is 18.3 Å². The smallest absolute Gasteiger partial charge is 0.238 e. The second-order valence-corrected chi connectivity index (χ2v) is 4.42. The summed E-state index contributed by atoms with van der Waals surface area (Å²) in [6, 6.07) is 3.95. The summed E-state index contributed by atoms with van der Waals surface area (Å²) in [6.07, 6.45) is 2.62. The van der Waals surface area contributed by atoms with Crippen molar-refractivity contribution in [1.29, 1.82) is 0 Å². The molecule has 0 saturated heterocycles. The highest BCUT2D eigenvalue weighted by atomic mass is 79.9. The molecule has 0 aliphatic heterocycles. The Hall–Kier alpha value is -0.940. The van der Waals surface area contributed by atoms with E-state index in [1.165, 1.54) is 0 Å². The Labute approximate surface area is 104 Å². The van der Waals surface area contributed by atoms with Gasteiger partial charge in [0, 0.05) is 6.04 Å². The highest BCUT2D eigenvalue weighted by Crippen LogP contribution is 2.09. The molecule has 1 rings (SSSR count). The lowest BCUT2D eigenvalue weighted by Crippen LogP contribution is -2.33. The van der Waals surface area contributed by atoms with Gasteiger partial charge in [0.2, 0.25) is 5.91 Å². The molecule has 1 aromatic rings. The van der Waals surface area contributed by atoms with Crippen molar-refractivity contribution in [3.63, 3.8) is 0 Å². The summed E-state index contributed by atoms with van der Waals surface area (Å²) >= 11 is 3.23. The Morgan fingerprint density at radius 2 is 2.31 bits per heavy atom. The molecule has 16 heavy (non-hydrogen) atoms. The van der Waals surface area contributed by atoms with E-state index in [-0.39, 0.29) is 5.91 Å². The van der Waals surface area contributed by atoms with Gasteiger partial charge in [-0.25, -0.2) is 4.98 Å². The number of nitrogens with zero attached hydrogens (tertiary/aromatic N) is 1. The normalized spacial score (nSPS) is 12.2. The number of pyridine rings is 1. The summed E-state index contributed by atoms with van der Waals surface area (Å²) in [5.41, 5.74) is 0.708. The average molecular weight is 286 g/mol. The van der Waals surface area contributed by atoms with Crippen molar-refractivity contribution in [1.82, 2.24) is 10.3 Å². The van der Waals surface area contributed by atoms with Gasteiger partial charge in [0.15, 0.2) is 0 Å². The maximum atomic E-state index is 11.5. The highest BCUT2D eigenvalue weighted by molar-refractivity contribution is 9.10. The first kappa shape index (κ1) is 13.1. The van der Waals surface area contributed by atoms with Crippen LogP contribution in [0.5, 0.6) is 0 Å². The third-order valence-corrected chi connectivity index (χ3v) is 2.70. The van der Waals surface area contributed by atoms with E-state index in [0.29, 0.717) is 18.3 Å². The SMILES string of the molecule is CCC(C)NCC(=O)Nc1ccc(Br)nc1. The summed E-state index contributed by atoms with van der Waals surface area (Å²) in [5, 5.41) is 5.89. The van der Waals surface area contributed by atoms with Gasteiger partial charge in [-0.3, -0.25) is 4.79 Å². The van der Waals surface area contributed by atoms with Gasteiger partial charge < -0.3 is 10.6 Å². The lowest BCUT2D eigenvalue weighted by molar-refractivity contribution is -0.115. The third-order valence-electron chi connectivity index (χ3n) is 2.23.